The standard InChI is InChI=1S/C13H18FN/c1-9-4-2-5-10(8-9)11-6-3-7-12(15)13(11)14/h3,6-7,9-10H,2,4-5,8,15H2,1H3/t9-,10+/m0/s1. The molecule has 0 spiro atoms. The first-order valence-corrected chi connectivity index (χ1v) is 5.72. The molecule has 0 aliphatic heterocycles. The summed E-state index contributed by atoms with van der Waals surface area (Å²) in [6.45, 7) is 2.25. The van der Waals surface area contributed by atoms with Gasteiger partial charge in [0, 0.05) is 0 Å². The van der Waals surface area contributed by atoms with Crippen LogP contribution < -0.4 is 5.73 Å². The highest BCUT2D eigenvalue weighted by atomic mass is 19.1. The monoisotopic (exact) mass is 207 g/mol. The largest absolute Gasteiger partial charge is 0.396 e. The van der Waals surface area contributed by atoms with Crippen molar-refractivity contribution in [1.82, 2.24) is 0 Å². The molecule has 15 heavy (non-hydrogen) atoms. The summed E-state index contributed by atoms with van der Waals surface area (Å²) < 4.78 is 13.8. The molecule has 0 amide bonds. The smallest absolute Gasteiger partial charge is 0.149 e. The van der Waals surface area contributed by atoms with Crippen molar-refractivity contribution in [3.8, 4) is 0 Å². The summed E-state index contributed by atoms with van der Waals surface area (Å²) in [5.74, 6) is 0.887. The van der Waals surface area contributed by atoms with Crippen LogP contribution in [0.3, 0.4) is 0 Å². The number of rotatable bonds is 1. The Hall–Kier alpha value is -1.05. The van der Waals surface area contributed by atoms with Crippen molar-refractivity contribution in [2.45, 2.75) is 38.5 Å². The molecule has 0 saturated heterocycles. The van der Waals surface area contributed by atoms with Gasteiger partial charge in [-0.2, -0.15) is 0 Å². The highest BCUT2D eigenvalue weighted by Gasteiger charge is 2.23. The molecule has 2 rings (SSSR count). The quantitative estimate of drug-likeness (QED) is 0.698. The first-order chi connectivity index (χ1) is 7.18. The van der Waals surface area contributed by atoms with Gasteiger partial charge >= 0.3 is 0 Å². The van der Waals surface area contributed by atoms with Gasteiger partial charge < -0.3 is 5.73 Å². The van der Waals surface area contributed by atoms with Gasteiger partial charge in [-0.3, -0.25) is 0 Å². The summed E-state index contributed by atoms with van der Waals surface area (Å²) in [6, 6.07) is 5.37. The van der Waals surface area contributed by atoms with Crippen LogP contribution in [-0.2, 0) is 0 Å². The number of benzene rings is 1. The minimum atomic E-state index is -0.198. The summed E-state index contributed by atoms with van der Waals surface area (Å²) in [5, 5.41) is 0. The Labute approximate surface area is 90.5 Å². The SMILES string of the molecule is C[C@H]1CCC[C@@H](c2cccc(N)c2F)C1. The third kappa shape index (κ3) is 2.14. The number of hydrogen-bond donors (Lipinski definition) is 1. The van der Waals surface area contributed by atoms with Crippen LogP contribution in [0.15, 0.2) is 18.2 Å². The van der Waals surface area contributed by atoms with Crippen LogP contribution in [-0.4, -0.2) is 0 Å². The molecule has 1 fully saturated rings. The van der Waals surface area contributed by atoms with E-state index >= 15 is 0 Å². The molecule has 2 heteroatoms. The van der Waals surface area contributed by atoms with Gasteiger partial charge in [0.15, 0.2) is 0 Å². The average Bonchev–Trinajstić information content (AvgIpc) is 2.22. The van der Waals surface area contributed by atoms with Crippen molar-refractivity contribution >= 4 is 5.69 Å². The lowest BCUT2D eigenvalue weighted by atomic mass is 9.78. The Morgan fingerprint density at radius 1 is 1.33 bits per heavy atom. The molecular weight excluding hydrogens is 189 g/mol. The fourth-order valence-electron chi connectivity index (χ4n) is 2.60. The molecule has 0 heterocycles. The van der Waals surface area contributed by atoms with E-state index in [0.717, 1.165) is 18.4 Å². The van der Waals surface area contributed by atoms with Crippen LogP contribution in [0.25, 0.3) is 0 Å². The van der Waals surface area contributed by atoms with E-state index in [1.807, 2.05) is 12.1 Å². The highest BCUT2D eigenvalue weighted by molar-refractivity contribution is 5.44. The number of hydrogen-bond acceptors (Lipinski definition) is 1. The van der Waals surface area contributed by atoms with E-state index in [4.69, 9.17) is 5.73 Å². The Kier molecular flexibility index (Phi) is 2.94. The van der Waals surface area contributed by atoms with Crippen LogP contribution in [0.1, 0.15) is 44.1 Å². The fourth-order valence-corrected chi connectivity index (χ4v) is 2.60. The molecular formula is C13H18FN. The van der Waals surface area contributed by atoms with Gasteiger partial charge in [-0.15, -0.1) is 0 Å². The third-order valence-corrected chi connectivity index (χ3v) is 3.43. The normalized spacial score (nSPS) is 26.5. The molecule has 0 aromatic heterocycles. The number of nitrogens with two attached hydrogens (primary N) is 1. The van der Waals surface area contributed by atoms with Crippen LogP contribution in [0.2, 0.25) is 0 Å². The second-order valence-corrected chi connectivity index (χ2v) is 4.72. The van der Waals surface area contributed by atoms with Crippen molar-refractivity contribution in [3.63, 3.8) is 0 Å². The van der Waals surface area contributed by atoms with Crippen molar-refractivity contribution in [1.29, 1.82) is 0 Å². The van der Waals surface area contributed by atoms with E-state index < -0.39 is 0 Å². The average molecular weight is 207 g/mol. The van der Waals surface area contributed by atoms with E-state index in [9.17, 15) is 4.39 Å². The lowest BCUT2D eigenvalue weighted by Gasteiger charge is -2.27. The molecule has 1 aromatic carbocycles. The summed E-state index contributed by atoms with van der Waals surface area (Å²) >= 11 is 0. The minimum Gasteiger partial charge on any atom is -0.396 e. The molecule has 0 bridgehead atoms. The maximum atomic E-state index is 13.8. The predicted octanol–water partition coefficient (Wildman–Crippen LogP) is 3.70. The second kappa shape index (κ2) is 4.21. The summed E-state index contributed by atoms with van der Waals surface area (Å²) in [4.78, 5) is 0. The molecule has 1 nitrogen and oxygen atoms in total. The maximum absolute atomic E-state index is 13.8. The van der Waals surface area contributed by atoms with Gasteiger partial charge in [-0.1, -0.05) is 31.9 Å². The Morgan fingerprint density at radius 2 is 2.13 bits per heavy atom. The molecule has 82 valence electrons. The lowest BCUT2D eigenvalue weighted by molar-refractivity contribution is 0.338. The maximum Gasteiger partial charge on any atom is 0.149 e. The number of nitrogen functional groups attached to an aromatic ring is 1. The first kappa shape index (κ1) is 10.5. The Bertz CT molecular complexity index is 348. The van der Waals surface area contributed by atoms with Crippen LogP contribution in [0.5, 0.6) is 0 Å². The number of halogens is 1. The van der Waals surface area contributed by atoms with Crippen LogP contribution in [0.4, 0.5) is 10.1 Å². The first-order valence-electron chi connectivity index (χ1n) is 5.72. The van der Waals surface area contributed by atoms with Gasteiger partial charge in [0.05, 0.1) is 5.69 Å². The van der Waals surface area contributed by atoms with Crippen LogP contribution in [0, 0.1) is 11.7 Å². The van der Waals surface area contributed by atoms with Crippen molar-refractivity contribution in [2.24, 2.45) is 5.92 Å². The Balaban J connectivity index is 2.24. The van der Waals surface area contributed by atoms with Crippen molar-refractivity contribution < 1.29 is 4.39 Å². The van der Waals surface area contributed by atoms with Gasteiger partial charge in [0.2, 0.25) is 0 Å². The van der Waals surface area contributed by atoms with Crippen LogP contribution >= 0.6 is 0 Å². The van der Waals surface area contributed by atoms with Gasteiger partial charge in [0.25, 0.3) is 0 Å². The molecule has 1 aliphatic carbocycles. The fraction of sp³-hybridized carbons (Fsp3) is 0.538. The third-order valence-electron chi connectivity index (χ3n) is 3.43. The van der Waals surface area contributed by atoms with Gasteiger partial charge in [0.1, 0.15) is 5.82 Å². The Morgan fingerprint density at radius 3 is 2.87 bits per heavy atom. The van der Waals surface area contributed by atoms with Crippen molar-refractivity contribution in [2.75, 3.05) is 5.73 Å². The molecule has 0 unspecified atom stereocenters. The highest BCUT2D eigenvalue weighted by Crippen LogP contribution is 2.37. The van der Waals surface area contributed by atoms with Gasteiger partial charge in [-0.25, -0.2) is 4.39 Å². The van der Waals surface area contributed by atoms with Crippen molar-refractivity contribution in [3.05, 3.63) is 29.6 Å². The molecule has 0 radical (unpaired) electrons. The summed E-state index contributed by atoms with van der Waals surface area (Å²) in [7, 11) is 0. The molecule has 1 aromatic rings. The zero-order chi connectivity index (χ0) is 10.8. The number of anilines is 1. The van der Waals surface area contributed by atoms with Gasteiger partial charge in [-0.05, 0) is 36.3 Å². The van der Waals surface area contributed by atoms with E-state index in [-0.39, 0.29) is 11.5 Å². The molecule has 1 aliphatic rings. The minimum absolute atomic E-state index is 0.198. The summed E-state index contributed by atoms with van der Waals surface area (Å²) in [5.41, 5.74) is 6.69. The van der Waals surface area contributed by atoms with E-state index in [1.165, 1.54) is 12.8 Å². The topological polar surface area (TPSA) is 26.0 Å². The summed E-state index contributed by atoms with van der Waals surface area (Å²) in [6.07, 6.45) is 4.69. The molecule has 2 N–H and O–H groups in total. The zero-order valence-electron chi connectivity index (χ0n) is 9.17. The van der Waals surface area contributed by atoms with E-state index in [1.54, 1.807) is 6.07 Å². The lowest BCUT2D eigenvalue weighted by Crippen LogP contribution is -2.13. The second-order valence-electron chi connectivity index (χ2n) is 4.72. The molecule has 2 atom stereocenters. The predicted molar refractivity (Wildman–Crippen MR) is 61.2 cm³/mol. The van der Waals surface area contributed by atoms with E-state index in [0.29, 0.717) is 11.8 Å². The zero-order valence-corrected chi connectivity index (χ0v) is 9.17. The molecule has 1 saturated carbocycles. The van der Waals surface area contributed by atoms with E-state index in [2.05, 4.69) is 6.92 Å².